The monoisotopic (exact) mass is 973 g/mol. The van der Waals surface area contributed by atoms with Gasteiger partial charge >= 0.3 is 13.8 Å². The zero-order valence-corrected chi connectivity index (χ0v) is 42.2. The molecular weight excluding hydrogens is 884 g/mol. The molecule has 1 saturated carbocycles. The van der Waals surface area contributed by atoms with Gasteiger partial charge in [0.2, 0.25) is 0 Å². The van der Waals surface area contributed by atoms with Crippen molar-refractivity contribution in [3.63, 3.8) is 0 Å². The summed E-state index contributed by atoms with van der Waals surface area (Å²) in [4.78, 5) is 23.2. The molecule has 68 heavy (non-hydrogen) atoms. The normalized spacial score (nSPS) is 22.2. The highest BCUT2D eigenvalue weighted by molar-refractivity contribution is 7.47. The average molecular weight is 973 g/mol. The lowest BCUT2D eigenvalue weighted by Crippen LogP contribution is -2.64. The Morgan fingerprint density at radius 1 is 0.471 bits per heavy atom. The fourth-order valence-electron chi connectivity index (χ4n) is 6.88. The molecule has 0 amide bonds. The highest BCUT2D eigenvalue weighted by Crippen LogP contribution is 2.47. The predicted octanol–water partition coefficient (Wildman–Crippen LogP) is 11.4. The van der Waals surface area contributed by atoms with Crippen LogP contribution in [0.15, 0.2) is 122 Å². The minimum atomic E-state index is -5.05. The molecule has 1 rings (SSSR count). The second-order valence-corrected chi connectivity index (χ2v) is 18.3. The number of carbonyl (C=O) groups excluding carboxylic acids is 1. The first-order valence-corrected chi connectivity index (χ1v) is 26.9. The van der Waals surface area contributed by atoms with E-state index in [9.17, 15) is 39.8 Å². The van der Waals surface area contributed by atoms with Gasteiger partial charge in [0.1, 0.15) is 42.7 Å². The fraction of sp³-hybridized carbons (Fsp3) is 0.618. The first-order chi connectivity index (χ1) is 33.0. The van der Waals surface area contributed by atoms with Gasteiger partial charge in [0, 0.05) is 13.0 Å². The van der Waals surface area contributed by atoms with Gasteiger partial charge in [-0.2, -0.15) is 0 Å². The first-order valence-electron chi connectivity index (χ1n) is 25.4. The van der Waals surface area contributed by atoms with E-state index in [1.54, 1.807) is 0 Å². The summed E-state index contributed by atoms with van der Waals surface area (Å²) in [5.74, 6) is -0.514. The standard InChI is InChI=1S/C55H89O12P/c1-3-5-7-9-11-13-15-17-19-21-23-24-25-26-27-28-30-32-34-36-38-40-42-44-49(56)66-48(47-65-68(62,63)67-55-53(60)51(58)50(57)52(59)54(55)61)46-64-45-43-41-39-37-35-33-31-29-22-20-18-16-14-12-10-8-6-4-2/h5-8,11-14,17-20,23-24,26-27,29-32,48,50-55,57-61H,3-4,9-10,15-16,21-22,25,28,33-47H2,1-2H3,(H,62,63)/b7-5-,8-6-,13-11-,14-12-,19-17-,20-18-,24-23-,27-26-,31-29-,32-30-. The van der Waals surface area contributed by atoms with E-state index in [1.165, 1.54) is 0 Å². The van der Waals surface area contributed by atoms with Crippen LogP contribution in [0.25, 0.3) is 0 Å². The van der Waals surface area contributed by atoms with Gasteiger partial charge in [0.05, 0.1) is 13.2 Å². The third kappa shape index (κ3) is 34.9. The summed E-state index contributed by atoms with van der Waals surface area (Å²) in [5, 5.41) is 50.3. The van der Waals surface area contributed by atoms with Crippen molar-refractivity contribution in [2.45, 2.75) is 198 Å². The molecule has 1 aliphatic rings. The van der Waals surface area contributed by atoms with E-state index >= 15 is 0 Å². The molecule has 6 N–H and O–H groups in total. The molecule has 0 aromatic carbocycles. The Morgan fingerprint density at radius 2 is 0.824 bits per heavy atom. The molecule has 0 saturated heterocycles. The second-order valence-electron chi connectivity index (χ2n) is 16.9. The van der Waals surface area contributed by atoms with Gasteiger partial charge < -0.3 is 39.9 Å². The summed E-state index contributed by atoms with van der Waals surface area (Å²) in [6.45, 7) is 3.95. The van der Waals surface area contributed by atoms with E-state index in [0.717, 1.165) is 128 Å². The summed E-state index contributed by atoms with van der Waals surface area (Å²) >= 11 is 0. The first kappa shape index (κ1) is 62.8. The number of ether oxygens (including phenoxy) is 2. The molecule has 0 heterocycles. The number of carbonyl (C=O) groups is 1. The number of aliphatic hydroxyl groups excluding tert-OH is 5. The Balaban J connectivity index is 2.41. The van der Waals surface area contributed by atoms with Gasteiger partial charge in [0.15, 0.2) is 0 Å². The summed E-state index contributed by atoms with van der Waals surface area (Å²) in [6, 6.07) is 0. The zero-order valence-electron chi connectivity index (χ0n) is 41.3. The van der Waals surface area contributed by atoms with Crippen molar-refractivity contribution < 1.29 is 58.3 Å². The Bertz CT molecular complexity index is 1580. The number of hydrogen-bond donors (Lipinski definition) is 6. The predicted molar refractivity (Wildman–Crippen MR) is 276 cm³/mol. The topological polar surface area (TPSA) is 192 Å². The number of unbranched alkanes of at least 4 members (excludes halogenated alkanes) is 9. The maximum absolute atomic E-state index is 12.9. The van der Waals surface area contributed by atoms with Crippen LogP contribution in [0.3, 0.4) is 0 Å². The molecule has 0 aliphatic heterocycles. The van der Waals surface area contributed by atoms with Crippen molar-refractivity contribution >= 4 is 13.8 Å². The molecule has 0 spiro atoms. The van der Waals surface area contributed by atoms with Crippen LogP contribution in [0.4, 0.5) is 0 Å². The zero-order chi connectivity index (χ0) is 49.8. The number of phosphoric acid groups is 1. The number of esters is 1. The minimum absolute atomic E-state index is 0.109. The molecule has 6 unspecified atom stereocenters. The van der Waals surface area contributed by atoms with Crippen LogP contribution in [0, 0.1) is 0 Å². The lowest BCUT2D eigenvalue weighted by molar-refractivity contribution is -0.220. The summed E-state index contributed by atoms with van der Waals surface area (Å²) in [6.07, 6.45) is 51.1. The molecule has 0 aromatic rings. The highest BCUT2D eigenvalue weighted by Gasteiger charge is 2.51. The van der Waals surface area contributed by atoms with Crippen LogP contribution in [0.2, 0.25) is 0 Å². The number of hydrogen-bond acceptors (Lipinski definition) is 11. The van der Waals surface area contributed by atoms with Crippen molar-refractivity contribution in [2.75, 3.05) is 19.8 Å². The minimum Gasteiger partial charge on any atom is -0.457 e. The number of phosphoric ester groups is 1. The largest absolute Gasteiger partial charge is 0.472 e. The molecule has 0 bridgehead atoms. The number of rotatable bonds is 41. The summed E-state index contributed by atoms with van der Waals surface area (Å²) in [5.41, 5.74) is 0. The third-order valence-corrected chi connectivity index (χ3v) is 11.8. The molecule has 0 radical (unpaired) electrons. The molecule has 0 aromatic heterocycles. The van der Waals surface area contributed by atoms with E-state index in [-0.39, 0.29) is 13.0 Å². The van der Waals surface area contributed by atoms with Gasteiger partial charge in [-0.05, 0) is 103 Å². The van der Waals surface area contributed by atoms with Crippen molar-refractivity contribution in [3.05, 3.63) is 122 Å². The van der Waals surface area contributed by atoms with E-state index in [0.29, 0.717) is 13.0 Å². The van der Waals surface area contributed by atoms with Crippen LogP contribution < -0.4 is 0 Å². The van der Waals surface area contributed by atoms with Gasteiger partial charge in [-0.1, -0.05) is 167 Å². The fourth-order valence-corrected chi connectivity index (χ4v) is 7.85. The van der Waals surface area contributed by atoms with Gasteiger partial charge in [-0.25, -0.2) is 4.57 Å². The number of allylic oxidation sites excluding steroid dienone is 20. The molecule has 1 aliphatic carbocycles. The summed E-state index contributed by atoms with van der Waals surface area (Å²) < 4.78 is 34.2. The van der Waals surface area contributed by atoms with E-state index in [2.05, 4.69) is 135 Å². The Kier molecular flexibility index (Phi) is 40.4. The molecule has 386 valence electrons. The van der Waals surface area contributed by atoms with Crippen molar-refractivity contribution in [1.29, 1.82) is 0 Å². The average Bonchev–Trinajstić information content (AvgIpc) is 3.32. The van der Waals surface area contributed by atoms with Crippen LogP contribution in [-0.4, -0.2) is 98.9 Å². The second kappa shape index (κ2) is 43.7. The molecule has 12 nitrogen and oxygen atoms in total. The molecule has 1 fully saturated rings. The van der Waals surface area contributed by atoms with E-state index in [4.69, 9.17) is 18.5 Å². The lowest BCUT2D eigenvalue weighted by atomic mass is 9.85. The highest BCUT2D eigenvalue weighted by atomic mass is 31.2. The molecule has 13 heteroatoms. The van der Waals surface area contributed by atoms with Gasteiger partial charge in [-0.15, -0.1) is 0 Å². The SMILES string of the molecule is CC/C=C\C/C=C\C/C=C\C/C=C\C/C=C\C/C=C\CCCCCCC(=O)OC(COCCCCCCC/C=C\C/C=C\C/C=C\C/C=C\CC)COP(=O)(O)OC1C(O)C(O)C(O)C(O)C1O. The molecular formula is C55H89O12P. The van der Waals surface area contributed by atoms with E-state index < -0.39 is 63.1 Å². The van der Waals surface area contributed by atoms with Gasteiger partial charge in [-0.3, -0.25) is 13.8 Å². The van der Waals surface area contributed by atoms with Crippen LogP contribution in [0.1, 0.15) is 155 Å². The Morgan fingerprint density at radius 3 is 1.25 bits per heavy atom. The quantitative estimate of drug-likeness (QED) is 0.0147. The summed E-state index contributed by atoms with van der Waals surface area (Å²) in [7, 11) is -5.05. The Labute approximate surface area is 409 Å². The Hall–Kier alpha value is -3.26. The van der Waals surface area contributed by atoms with E-state index in [1.807, 2.05) is 0 Å². The van der Waals surface area contributed by atoms with Crippen LogP contribution >= 0.6 is 7.82 Å². The van der Waals surface area contributed by atoms with Crippen molar-refractivity contribution in [2.24, 2.45) is 0 Å². The maximum atomic E-state index is 12.9. The van der Waals surface area contributed by atoms with Crippen molar-refractivity contribution in [3.8, 4) is 0 Å². The van der Waals surface area contributed by atoms with Crippen LogP contribution in [-0.2, 0) is 27.9 Å². The maximum Gasteiger partial charge on any atom is 0.472 e. The smallest absolute Gasteiger partial charge is 0.457 e. The third-order valence-electron chi connectivity index (χ3n) is 10.8. The van der Waals surface area contributed by atoms with Crippen molar-refractivity contribution in [1.82, 2.24) is 0 Å². The van der Waals surface area contributed by atoms with Gasteiger partial charge in [0.25, 0.3) is 0 Å². The lowest BCUT2D eigenvalue weighted by Gasteiger charge is -2.41. The van der Waals surface area contributed by atoms with Crippen LogP contribution in [0.5, 0.6) is 0 Å². The molecule has 6 atom stereocenters. The number of aliphatic hydroxyl groups is 5.